The van der Waals surface area contributed by atoms with Gasteiger partial charge in [0.15, 0.2) is 0 Å². The van der Waals surface area contributed by atoms with Crippen LogP contribution < -0.4 is 5.32 Å². The maximum atomic E-state index is 13.7. The van der Waals surface area contributed by atoms with Crippen LogP contribution in [0.2, 0.25) is 0 Å². The van der Waals surface area contributed by atoms with Gasteiger partial charge in [-0.2, -0.15) is 0 Å². The normalized spacial score (nSPS) is 10.5. The Morgan fingerprint density at radius 2 is 2.24 bits per heavy atom. The standard InChI is InChI=1S/C13H16FN3/c1-3-8-17-9-7-15-13(17)16-12-10(2)5-4-6-11(12)14/h4-7,9H,3,8H2,1-2H3,(H,15,16). The lowest BCUT2D eigenvalue weighted by molar-refractivity contribution is 0.629. The van der Waals surface area contributed by atoms with Crippen LogP contribution in [0.1, 0.15) is 18.9 Å². The molecule has 1 N–H and O–H groups in total. The Hall–Kier alpha value is -1.84. The van der Waals surface area contributed by atoms with Crippen molar-refractivity contribution < 1.29 is 4.39 Å². The minimum Gasteiger partial charge on any atom is -0.323 e. The molecule has 0 fully saturated rings. The molecule has 0 spiro atoms. The van der Waals surface area contributed by atoms with Gasteiger partial charge in [-0.15, -0.1) is 0 Å². The SMILES string of the molecule is CCCn1ccnc1Nc1c(C)cccc1F. The van der Waals surface area contributed by atoms with Gasteiger partial charge >= 0.3 is 0 Å². The molecule has 0 amide bonds. The van der Waals surface area contributed by atoms with Crippen LogP contribution in [-0.4, -0.2) is 9.55 Å². The molecule has 3 nitrogen and oxygen atoms in total. The van der Waals surface area contributed by atoms with Crippen molar-refractivity contribution in [1.82, 2.24) is 9.55 Å². The molecule has 1 heterocycles. The second kappa shape index (κ2) is 4.99. The Bertz CT molecular complexity index is 485. The predicted molar refractivity (Wildman–Crippen MR) is 66.9 cm³/mol. The average Bonchev–Trinajstić information content (AvgIpc) is 2.72. The third-order valence-electron chi connectivity index (χ3n) is 2.64. The third kappa shape index (κ3) is 2.46. The molecule has 2 aromatic rings. The minimum absolute atomic E-state index is 0.254. The van der Waals surface area contributed by atoms with Crippen molar-refractivity contribution in [3.63, 3.8) is 0 Å². The minimum atomic E-state index is -0.254. The van der Waals surface area contributed by atoms with Gasteiger partial charge in [0.1, 0.15) is 5.82 Å². The van der Waals surface area contributed by atoms with Crippen LogP contribution in [0.25, 0.3) is 0 Å². The maximum Gasteiger partial charge on any atom is 0.207 e. The van der Waals surface area contributed by atoms with Crippen molar-refractivity contribution in [2.75, 3.05) is 5.32 Å². The Morgan fingerprint density at radius 1 is 1.41 bits per heavy atom. The Balaban J connectivity index is 2.28. The number of imidazole rings is 1. The molecular weight excluding hydrogens is 217 g/mol. The van der Waals surface area contributed by atoms with E-state index in [2.05, 4.69) is 17.2 Å². The van der Waals surface area contributed by atoms with Gasteiger partial charge in [0.2, 0.25) is 5.95 Å². The van der Waals surface area contributed by atoms with Gasteiger partial charge in [0, 0.05) is 18.9 Å². The second-order valence-electron chi connectivity index (χ2n) is 4.00. The smallest absolute Gasteiger partial charge is 0.207 e. The molecule has 0 saturated carbocycles. The fraction of sp³-hybridized carbons (Fsp3) is 0.308. The van der Waals surface area contributed by atoms with Crippen LogP contribution in [0.5, 0.6) is 0 Å². The lowest BCUT2D eigenvalue weighted by Crippen LogP contribution is -2.05. The molecule has 0 unspecified atom stereocenters. The van der Waals surface area contributed by atoms with Crippen LogP contribution in [0, 0.1) is 12.7 Å². The van der Waals surface area contributed by atoms with Gasteiger partial charge in [0.05, 0.1) is 5.69 Å². The maximum absolute atomic E-state index is 13.7. The first-order valence-corrected chi connectivity index (χ1v) is 5.75. The molecule has 90 valence electrons. The number of aryl methyl sites for hydroxylation is 2. The summed E-state index contributed by atoms with van der Waals surface area (Å²) in [5, 5.41) is 3.05. The van der Waals surface area contributed by atoms with Gasteiger partial charge in [-0.3, -0.25) is 0 Å². The highest BCUT2D eigenvalue weighted by Gasteiger charge is 2.08. The molecule has 4 heteroatoms. The lowest BCUT2D eigenvalue weighted by atomic mass is 10.2. The van der Waals surface area contributed by atoms with Gasteiger partial charge in [-0.1, -0.05) is 19.1 Å². The van der Waals surface area contributed by atoms with Crippen molar-refractivity contribution in [3.05, 3.63) is 42.0 Å². The van der Waals surface area contributed by atoms with E-state index in [9.17, 15) is 4.39 Å². The number of anilines is 2. The van der Waals surface area contributed by atoms with E-state index in [4.69, 9.17) is 0 Å². The van der Waals surface area contributed by atoms with Gasteiger partial charge in [-0.25, -0.2) is 9.37 Å². The zero-order valence-electron chi connectivity index (χ0n) is 10.1. The molecule has 0 radical (unpaired) electrons. The first kappa shape index (κ1) is 11.6. The molecule has 0 bridgehead atoms. The Kier molecular flexibility index (Phi) is 3.42. The number of aromatic nitrogens is 2. The summed E-state index contributed by atoms with van der Waals surface area (Å²) in [7, 11) is 0. The molecule has 0 atom stereocenters. The summed E-state index contributed by atoms with van der Waals surface area (Å²) in [5.41, 5.74) is 1.37. The summed E-state index contributed by atoms with van der Waals surface area (Å²) < 4.78 is 15.6. The van der Waals surface area contributed by atoms with Crippen LogP contribution in [0.15, 0.2) is 30.6 Å². The number of hydrogen-bond acceptors (Lipinski definition) is 2. The highest BCUT2D eigenvalue weighted by atomic mass is 19.1. The molecule has 0 aliphatic carbocycles. The number of benzene rings is 1. The monoisotopic (exact) mass is 233 g/mol. The van der Waals surface area contributed by atoms with E-state index in [0.29, 0.717) is 11.6 Å². The van der Waals surface area contributed by atoms with E-state index < -0.39 is 0 Å². The van der Waals surface area contributed by atoms with Crippen LogP contribution in [0.4, 0.5) is 16.0 Å². The van der Waals surface area contributed by atoms with E-state index in [-0.39, 0.29) is 5.82 Å². The van der Waals surface area contributed by atoms with E-state index in [0.717, 1.165) is 18.5 Å². The van der Waals surface area contributed by atoms with Crippen molar-refractivity contribution in [2.24, 2.45) is 0 Å². The topological polar surface area (TPSA) is 29.9 Å². The van der Waals surface area contributed by atoms with Crippen molar-refractivity contribution in [1.29, 1.82) is 0 Å². The number of nitrogens with zero attached hydrogens (tertiary/aromatic N) is 2. The molecule has 1 aromatic carbocycles. The summed E-state index contributed by atoms with van der Waals surface area (Å²) in [6.45, 7) is 4.84. The number of halogens is 1. The van der Waals surface area contributed by atoms with E-state index in [1.54, 1.807) is 12.3 Å². The predicted octanol–water partition coefficient (Wildman–Crippen LogP) is 3.48. The number of para-hydroxylation sites is 1. The summed E-state index contributed by atoms with van der Waals surface area (Å²) >= 11 is 0. The molecule has 0 aliphatic heterocycles. The second-order valence-corrected chi connectivity index (χ2v) is 4.00. The quantitative estimate of drug-likeness (QED) is 0.876. The van der Waals surface area contributed by atoms with E-state index in [1.807, 2.05) is 23.8 Å². The summed E-state index contributed by atoms with van der Waals surface area (Å²) in [4.78, 5) is 4.20. The fourth-order valence-corrected chi connectivity index (χ4v) is 1.76. The Labute approximate surface area is 100 Å². The van der Waals surface area contributed by atoms with E-state index in [1.165, 1.54) is 6.07 Å². The number of nitrogens with one attached hydrogen (secondary N) is 1. The third-order valence-corrected chi connectivity index (χ3v) is 2.64. The zero-order valence-corrected chi connectivity index (χ0v) is 10.1. The first-order valence-electron chi connectivity index (χ1n) is 5.75. The van der Waals surface area contributed by atoms with Crippen molar-refractivity contribution in [3.8, 4) is 0 Å². The summed E-state index contributed by atoms with van der Waals surface area (Å²) in [6.07, 6.45) is 4.62. The van der Waals surface area contributed by atoms with Crippen LogP contribution in [-0.2, 0) is 6.54 Å². The summed E-state index contributed by atoms with van der Waals surface area (Å²) in [6, 6.07) is 5.02. The summed E-state index contributed by atoms with van der Waals surface area (Å²) in [5.74, 6) is 0.427. The van der Waals surface area contributed by atoms with Crippen LogP contribution >= 0.6 is 0 Å². The van der Waals surface area contributed by atoms with Gasteiger partial charge in [-0.05, 0) is 25.0 Å². The molecule has 17 heavy (non-hydrogen) atoms. The molecule has 2 rings (SSSR count). The molecule has 0 saturated heterocycles. The first-order chi connectivity index (χ1) is 8.22. The van der Waals surface area contributed by atoms with Gasteiger partial charge in [0.25, 0.3) is 0 Å². The highest BCUT2D eigenvalue weighted by molar-refractivity contribution is 5.59. The van der Waals surface area contributed by atoms with Crippen LogP contribution in [0.3, 0.4) is 0 Å². The largest absolute Gasteiger partial charge is 0.323 e. The highest BCUT2D eigenvalue weighted by Crippen LogP contribution is 2.22. The number of rotatable bonds is 4. The fourth-order valence-electron chi connectivity index (χ4n) is 1.76. The van der Waals surface area contributed by atoms with Gasteiger partial charge < -0.3 is 9.88 Å². The average molecular weight is 233 g/mol. The molecule has 0 aliphatic rings. The molecule has 1 aromatic heterocycles. The van der Waals surface area contributed by atoms with E-state index >= 15 is 0 Å². The number of hydrogen-bond donors (Lipinski definition) is 1. The van der Waals surface area contributed by atoms with Crippen molar-refractivity contribution >= 4 is 11.6 Å². The molecular formula is C13H16FN3. The zero-order chi connectivity index (χ0) is 12.3. The lowest BCUT2D eigenvalue weighted by Gasteiger charge is -2.11. The Morgan fingerprint density at radius 3 is 2.94 bits per heavy atom. The van der Waals surface area contributed by atoms with Crippen molar-refractivity contribution in [2.45, 2.75) is 26.8 Å².